The molecule has 2 N–H and O–H groups in total. The fourth-order valence-corrected chi connectivity index (χ4v) is 4.72. The molecule has 0 aliphatic heterocycles. The van der Waals surface area contributed by atoms with E-state index in [-0.39, 0.29) is 42.8 Å². The molecule has 0 spiro atoms. The van der Waals surface area contributed by atoms with Crippen molar-refractivity contribution >= 4 is 45.1 Å². The molecule has 0 unspecified atom stereocenters. The normalized spacial score (nSPS) is 11.7. The number of carbonyl (C=O) groups is 5. The zero-order valence-electron chi connectivity index (χ0n) is 22.8. The SMILES string of the molecule is CCC(CC)CCC(=O)Cn1cc(Br)cc(CC(=O)[C@H](CCC(=O)C(=O)NC)NC(=O)c2cncn2C)c1=O. The van der Waals surface area contributed by atoms with Gasteiger partial charge >= 0.3 is 0 Å². The summed E-state index contributed by atoms with van der Waals surface area (Å²) >= 11 is 3.35. The van der Waals surface area contributed by atoms with Crippen molar-refractivity contribution in [2.24, 2.45) is 13.0 Å². The second-order valence-corrected chi connectivity index (χ2v) is 10.4. The molecule has 0 aliphatic carbocycles. The number of ketones is 3. The van der Waals surface area contributed by atoms with E-state index in [0.717, 1.165) is 19.3 Å². The van der Waals surface area contributed by atoms with E-state index in [9.17, 15) is 28.8 Å². The molecular formula is C27H36BrN5O6. The minimum Gasteiger partial charge on any atom is -0.353 e. The molecule has 0 radical (unpaired) electrons. The van der Waals surface area contributed by atoms with Crippen molar-refractivity contribution in [1.82, 2.24) is 24.8 Å². The van der Waals surface area contributed by atoms with Crippen molar-refractivity contribution < 1.29 is 24.0 Å². The molecule has 0 bridgehead atoms. The maximum absolute atomic E-state index is 13.3. The van der Waals surface area contributed by atoms with Crippen LogP contribution in [0.3, 0.4) is 0 Å². The van der Waals surface area contributed by atoms with Crippen molar-refractivity contribution in [2.75, 3.05) is 7.05 Å². The second kappa shape index (κ2) is 15.2. The van der Waals surface area contributed by atoms with Crippen molar-refractivity contribution in [2.45, 2.75) is 71.4 Å². The van der Waals surface area contributed by atoms with Crippen LogP contribution in [-0.2, 0) is 39.2 Å². The van der Waals surface area contributed by atoms with E-state index in [2.05, 4.69) is 45.4 Å². The van der Waals surface area contributed by atoms with E-state index in [1.807, 2.05) is 0 Å². The molecule has 11 nitrogen and oxygen atoms in total. The minimum absolute atomic E-state index is 0.0755. The average Bonchev–Trinajstić information content (AvgIpc) is 3.34. The van der Waals surface area contributed by atoms with E-state index < -0.39 is 35.0 Å². The van der Waals surface area contributed by atoms with E-state index in [1.165, 1.54) is 41.0 Å². The summed E-state index contributed by atoms with van der Waals surface area (Å²) in [6, 6.07) is 0.357. The van der Waals surface area contributed by atoms with Crippen LogP contribution in [0.2, 0.25) is 0 Å². The van der Waals surface area contributed by atoms with Crippen LogP contribution in [0, 0.1) is 5.92 Å². The molecule has 0 aliphatic rings. The van der Waals surface area contributed by atoms with Crippen molar-refractivity contribution in [1.29, 1.82) is 0 Å². The summed E-state index contributed by atoms with van der Waals surface area (Å²) in [7, 11) is 2.94. The van der Waals surface area contributed by atoms with Gasteiger partial charge in [0.25, 0.3) is 17.4 Å². The number of hydrogen-bond donors (Lipinski definition) is 2. The van der Waals surface area contributed by atoms with Crippen LogP contribution in [0.4, 0.5) is 0 Å². The minimum atomic E-state index is -1.14. The van der Waals surface area contributed by atoms with Gasteiger partial charge in [0.05, 0.1) is 25.1 Å². The monoisotopic (exact) mass is 605 g/mol. The number of nitrogens with one attached hydrogen (secondary N) is 2. The standard InChI is InChI=1S/C27H36BrN5O6/c1-5-17(6-2)7-8-20(34)15-33-14-19(28)11-18(27(33)39)12-24(36)21(9-10-23(35)26(38)29-3)31-25(37)22-13-30-16-32(22)4/h11,13-14,16-17,21H,5-10,12,15H2,1-4H3,(H,29,38)(H,31,37)/t21-/m0/s1. The van der Waals surface area contributed by atoms with Crippen LogP contribution < -0.4 is 16.2 Å². The molecule has 0 saturated carbocycles. The molecule has 0 saturated heterocycles. The first kappa shape index (κ1) is 31.8. The number of nitrogens with zero attached hydrogens (tertiary/aromatic N) is 3. The van der Waals surface area contributed by atoms with Gasteiger partial charge in [-0.25, -0.2) is 4.98 Å². The van der Waals surface area contributed by atoms with Gasteiger partial charge < -0.3 is 19.8 Å². The highest BCUT2D eigenvalue weighted by Crippen LogP contribution is 2.16. The Morgan fingerprint density at radius 1 is 1.08 bits per heavy atom. The Hall–Kier alpha value is -3.41. The van der Waals surface area contributed by atoms with E-state index in [4.69, 9.17) is 0 Å². The number of amides is 2. The Balaban J connectivity index is 2.22. The number of halogens is 1. The van der Waals surface area contributed by atoms with Gasteiger partial charge in [0.2, 0.25) is 5.78 Å². The summed E-state index contributed by atoms with van der Waals surface area (Å²) in [5.41, 5.74) is -0.151. The number of imidazole rings is 1. The van der Waals surface area contributed by atoms with Gasteiger partial charge in [0, 0.05) is 49.6 Å². The number of rotatable bonds is 16. The highest BCUT2D eigenvalue weighted by Gasteiger charge is 2.26. The smallest absolute Gasteiger partial charge is 0.287 e. The number of pyridine rings is 1. The molecule has 2 rings (SSSR count). The Labute approximate surface area is 235 Å². The molecule has 2 heterocycles. The van der Waals surface area contributed by atoms with Crippen LogP contribution in [0.15, 0.2) is 34.1 Å². The predicted molar refractivity (Wildman–Crippen MR) is 148 cm³/mol. The fourth-order valence-electron chi connectivity index (χ4n) is 4.19. The molecule has 0 aromatic carbocycles. The van der Waals surface area contributed by atoms with Crippen LogP contribution in [-0.4, -0.2) is 56.4 Å². The van der Waals surface area contributed by atoms with Gasteiger partial charge in [0.15, 0.2) is 11.6 Å². The van der Waals surface area contributed by atoms with Crippen LogP contribution in [0.5, 0.6) is 0 Å². The molecule has 1 atom stereocenters. The summed E-state index contributed by atoms with van der Waals surface area (Å²) in [6.45, 7) is 4.06. The van der Waals surface area contributed by atoms with E-state index in [0.29, 0.717) is 16.8 Å². The molecule has 39 heavy (non-hydrogen) atoms. The predicted octanol–water partition coefficient (Wildman–Crippen LogP) is 2.14. The van der Waals surface area contributed by atoms with Gasteiger partial charge in [-0.15, -0.1) is 0 Å². The summed E-state index contributed by atoms with van der Waals surface area (Å²) in [5, 5.41) is 4.84. The number of hydrogen-bond acceptors (Lipinski definition) is 7. The van der Waals surface area contributed by atoms with Gasteiger partial charge in [-0.2, -0.15) is 0 Å². The maximum Gasteiger partial charge on any atom is 0.287 e. The van der Waals surface area contributed by atoms with Gasteiger partial charge in [-0.05, 0) is 40.8 Å². The second-order valence-electron chi connectivity index (χ2n) is 9.48. The highest BCUT2D eigenvalue weighted by molar-refractivity contribution is 9.10. The molecular weight excluding hydrogens is 570 g/mol. The van der Waals surface area contributed by atoms with Crippen LogP contribution in [0.25, 0.3) is 0 Å². The number of likely N-dealkylation sites (N-methyl/N-ethyl adjacent to an activating group) is 1. The number of Topliss-reactive ketones (excluding diaryl/α,β-unsaturated/α-hetero) is 3. The molecule has 2 aromatic rings. The largest absolute Gasteiger partial charge is 0.353 e. The van der Waals surface area contributed by atoms with E-state index >= 15 is 0 Å². The molecule has 12 heteroatoms. The van der Waals surface area contributed by atoms with Gasteiger partial charge in [-0.1, -0.05) is 26.7 Å². The first-order valence-corrected chi connectivity index (χ1v) is 13.7. The zero-order chi connectivity index (χ0) is 29.1. The lowest BCUT2D eigenvalue weighted by molar-refractivity contribution is -0.137. The highest BCUT2D eigenvalue weighted by atomic mass is 79.9. The van der Waals surface area contributed by atoms with Crippen LogP contribution in [0.1, 0.15) is 68.4 Å². The van der Waals surface area contributed by atoms with Crippen molar-refractivity contribution in [3.8, 4) is 0 Å². The van der Waals surface area contributed by atoms with Crippen LogP contribution >= 0.6 is 15.9 Å². The van der Waals surface area contributed by atoms with Gasteiger partial charge in [-0.3, -0.25) is 28.8 Å². The lowest BCUT2D eigenvalue weighted by atomic mass is 9.96. The number of aromatic nitrogens is 3. The molecule has 2 aromatic heterocycles. The lowest BCUT2D eigenvalue weighted by Gasteiger charge is -2.18. The summed E-state index contributed by atoms with van der Waals surface area (Å²) < 4.78 is 3.27. The Morgan fingerprint density at radius 2 is 1.77 bits per heavy atom. The Bertz CT molecular complexity index is 1260. The zero-order valence-corrected chi connectivity index (χ0v) is 24.4. The Kier molecular flexibility index (Phi) is 12.4. The summed E-state index contributed by atoms with van der Waals surface area (Å²) in [6.07, 6.45) is 6.60. The van der Waals surface area contributed by atoms with Crippen molar-refractivity contribution in [3.05, 3.63) is 50.9 Å². The van der Waals surface area contributed by atoms with Crippen molar-refractivity contribution in [3.63, 3.8) is 0 Å². The molecule has 212 valence electrons. The average molecular weight is 607 g/mol. The summed E-state index contributed by atoms with van der Waals surface area (Å²) in [5.74, 6) is -2.26. The topological polar surface area (TPSA) is 149 Å². The maximum atomic E-state index is 13.3. The number of aryl methyl sites for hydroxylation is 1. The Morgan fingerprint density at radius 3 is 2.36 bits per heavy atom. The molecule has 0 fully saturated rings. The third-order valence-electron chi connectivity index (χ3n) is 6.71. The fraction of sp³-hybridized carbons (Fsp3) is 0.519. The number of carbonyl (C=O) groups excluding carboxylic acids is 5. The first-order valence-electron chi connectivity index (χ1n) is 13.0. The quantitative estimate of drug-likeness (QED) is 0.278. The molecule has 2 amide bonds. The third kappa shape index (κ3) is 9.38. The third-order valence-corrected chi connectivity index (χ3v) is 7.14. The lowest BCUT2D eigenvalue weighted by Crippen LogP contribution is -2.43. The first-order chi connectivity index (χ1) is 18.5. The van der Waals surface area contributed by atoms with Gasteiger partial charge in [0.1, 0.15) is 5.69 Å². The summed E-state index contributed by atoms with van der Waals surface area (Å²) in [4.78, 5) is 79.4. The van der Waals surface area contributed by atoms with E-state index in [1.54, 1.807) is 7.05 Å².